The van der Waals surface area contributed by atoms with E-state index in [2.05, 4.69) is 15.5 Å². The Morgan fingerprint density at radius 3 is 2.93 bits per heavy atom. The Morgan fingerprint density at radius 1 is 1.30 bits per heavy atom. The molecule has 0 saturated heterocycles. The van der Waals surface area contributed by atoms with Gasteiger partial charge in [-0.1, -0.05) is 42.1 Å². The molecule has 3 aromatic rings. The third kappa shape index (κ3) is 3.58. The summed E-state index contributed by atoms with van der Waals surface area (Å²) in [5, 5.41) is 3.99. The van der Waals surface area contributed by atoms with E-state index >= 15 is 0 Å². The van der Waals surface area contributed by atoms with Gasteiger partial charge < -0.3 is 4.90 Å². The molecule has 0 fully saturated rings. The maximum absolute atomic E-state index is 12.3. The average molecular weight is 396 g/mol. The number of nitrogens with zero attached hydrogens (tertiary/aromatic N) is 3. The van der Waals surface area contributed by atoms with Crippen molar-refractivity contribution in [3.8, 4) is 0 Å². The Balaban J connectivity index is 1.34. The van der Waals surface area contributed by atoms with Crippen molar-refractivity contribution in [1.29, 1.82) is 0 Å². The lowest BCUT2D eigenvalue weighted by Gasteiger charge is -2.08. The van der Waals surface area contributed by atoms with Crippen molar-refractivity contribution in [2.75, 3.05) is 17.7 Å². The third-order valence-electron chi connectivity index (χ3n) is 4.24. The minimum absolute atomic E-state index is 0.0574. The molecule has 1 aliphatic heterocycles. The molecule has 0 bridgehead atoms. The molecule has 27 heavy (non-hydrogen) atoms. The molecule has 1 N–H and O–H groups in total. The zero-order chi connectivity index (χ0) is 18.8. The Bertz CT molecular complexity index is 1010. The van der Waals surface area contributed by atoms with Crippen LogP contribution in [-0.2, 0) is 9.59 Å². The van der Waals surface area contributed by atoms with Gasteiger partial charge in [0.25, 0.3) is 0 Å². The van der Waals surface area contributed by atoms with Gasteiger partial charge in [-0.05, 0) is 23.8 Å². The fourth-order valence-corrected chi connectivity index (χ4v) is 4.78. The van der Waals surface area contributed by atoms with Gasteiger partial charge in [0.1, 0.15) is 5.92 Å². The quantitative estimate of drug-likeness (QED) is 0.408. The van der Waals surface area contributed by atoms with E-state index in [1.54, 1.807) is 23.3 Å². The second-order valence-corrected chi connectivity index (χ2v) is 8.24. The monoisotopic (exact) mass is 396 g/mol. The Kier molecular flexibility index (Phi) is 4.91. The third-order valence-corrected chi connectivity index (χ3v) is 6.42. The van der Waals surface area contributed by atoms with Gasteiger partial charge in [0.15, 0.2) is 4.34 Å². The summed E-state index contributed by atoms with van der Waals surface area (Å²) in [6.45, 7) is 0. The number of likely N-dealkylation sites (N-methyl/N-ethyl adjacent to an activating group) is 1. The lowest BCUT2D eigenvalue weighted by molar-refractivity contribution is -0.119. The topological polar surface area (TPSA) is 74.7 Å². The van der Waals surface area contributed by atoms with Crippen LogP contribution in [0.5, 0.6) is 0 Å². The summed E-state index contributed by atoms with van der Waals surface area (Å²) in [7, 11) is 1.74. The van der Waals surface area contributed by atoms with Crippen molar-refractivity contribution in [3.05, 3.63) is 54.1 Å². The molecule has 2 amide bonds. The molecule has 0 aliphatic carbocycles. The fraction of sp³-hybridized carbons (Fsp3) is 0.158. The molecule has 8 heteroatoms. The Labute approximate surface area is 164 Å². The molecule has 0 spiro atoms. The number of hydrazone groups is 1. The second kappa shape index (κ2) is 7.50. The van der Waals surface area contributed by atoms with Crippen LogP contribution in [0.4, 0.5) is 5.69 Å². The maximum Gasteiger partial charge on any atom is 0.250 e. The number of rotatable bonds is 5. The van der Waals surface area contributed by atoms with Crippen LogP contribution in [0.25, 0.3) is 10.2 Å². The van der Waals surface area contributed by atoms with Crippen LogP contribution in [0, 0.1) is 0 Å². The van der Waals surface area contributed by atoms with Gasteiger partial charge in [0, 0.05) is 18.9 Å². The largest absolute Gasteiger partial charge is 0.314 e. The molecule has 6 nitrogen and oxygen atoms in total. The summed E-state index contributed by atoms with van der Waals surface area (Å²) in [5.41, 5.74) is 5.20. The number of carbonyl (C=O) groups excluding carboxylic acids is 2. The number of nitrogens with one attached hydrogen (secondary N) is 1. The second-order valence-electron chi connectivity index (χ2n) is 5.98. The number of amides is 2. The number of carbonyl (C=O) groups is 2. The molecular weight excluding hydrogens is 380 g/mol. The van der Waals surface area contributed by atoms with Gasteiger partial charge in [-0.3, -0.25) is 9.59 Å². The van der Waals surface area contributed by atoms with Crippen LogP contribution < -0.4 is 10.3 Å². The van der Waals surface area contributed by atoms with Gasteiger partial charge in [-0.2, -0.15) is 5.10 Å². The fourth-order valence-electron chi connectivity index (χ4n) is 2.92. The van der Waals surface area contributed by atoms with Crippen molar-refractivity contribution < 1.29 is 9.59 Å². The SMILES string of the molecule is CN1C(=O)C(/C=N/NC(=O)CSc2nc3ccccc3s2)c2ccccc21. The smallest absolute Gasteiger partial charge is 0.250 e. The first kappa shape index (κ1) is 17.7. The van der Waals surface area contributed by atoms with Crippen molar-refractivity contribution in [2.24, 2.45) is 5.10 Å². The normalized spacial score (nSPS) is 16.3. The molecule has 2 heterocycles. The number of aromatic nitrogens is 1. The predicted molar refractivity (Wildman–Crippen MR) is 110 cm³/mol. The predicted octanol–water partition coefficient (Wildman–Crippen LogP) is 3.25. The van der Waals surface area contributed by atoms with E-state index in [0.717, 1.165) is 25.8 Å². The summed E-state index contributed by atoms with van der Waals surface area (Å²) >= 11 is 2.93. The van der Waals surface area contributed by atoms with E-state index in [4.69, 9.17) is 0 Å². The number of hydrogen-bond acceptors (Lipinski definition) is 6. The van der Waals surface area contributed by atoms with Crippen LogP contribution in [0.1, 0.15) is 11.5 Å². The lowest BCUT2D eigenvalue weighted by Crippen LogP contribution is -2.26. The molecule has 1 aromatic heterocycles. The number of hydrogen-bond donors (Lipinski definition) is 1. The van der Waals surface area contributed by atoms with Crippen LogP contribution in [0.2, 0.25) is 0 Å². The van der Waals surface area contributed by atoms with E-state index in [0.29, 0.717) is 0 Å². The number of fused-ring (bicyclic) bond motifs is 2. The molecule has 0 saturated carbocycles. The highest BCUT2D eigenvalue weighted by Crippen LogP contribution is 2.34. The molecule has 4 rings (SSSR count). The zero-order valence-electron chi connectivity index (χ0n) is 14.5. The first-order chi connectivity index (χ1) is 13.1. The molecule has 1 aliphatic rings. The summed E-state index contributed by atoms with van der Waals surface area (Å²) in [5.74, 6) is -0.546. The van der Waals surface area contributed by atoms with Gasteiger partial charge in [0.2, 0.25) is 11.8 Å². The van der Waals surface area contributed by atoms with Crippen molar-refractivity contribution in [3.63, 3.8) is 0 Å². The van der Waals surface area contributed by atoms with E-state index in [1.807, 2.05) is 48.5 Å². The number of para-hydroxylation sites is 2. The van der Waals surface area contributed by atoms with Crippen LogP contribution >= 0.6 is 23.1 Å². The van der Waals surface area contributed by atoms with E-state index in [1.165, 1.54) is 18.0 Å². The summed E-state index contributed by atoms with van der Waals surface area (Å²) in [6, 6.07) is 15.5. The molecule has 0 radical (unpaired) electrons. The van der Waals surface area contributed by atoms with Gasteiger partial charge >= 0.3 is 0 Å². The number of anilines is 1. The summed E-state index contributed by atoms with van der Waals surface area (Å²) in [6.07, 6.45) is 1.49. The molecule has 2 aromatic carbocycles. The average Bonchev–Trinajstić information content (AvgIpc) is 3.21. The lowest BCUT2D eigenvalue weighted by atomic mass is 10.0. The van der Waals surface area contributed by atoms with Crippen molar-refractivity contribution >= 4 is 57.0 Å². The van der Waals surface area contributed by atoms with Gasteiger partial charge in [-0.25, -0.2) is 10.4 Å². The summed E-state index contributed by atoms with van der Waals surface area (Å²) < 4.78 is 1.94. The minimum Gasteiger partial charge on any atom is -0.314 e. The molecule has 1 unspecified atom stereocenters. The number of thioether (sulfide) groups is 1. The van der Waals surface area contributed by atoms with Crippen LogP contribution in [0.3, 0.4) is 0 Å². The van der Waals surface area contributed by atoms with Crippen molar-refractivity contribution in [1.82, 2.24) is 10.4 Å². The van der Waals surface area contributed by atoms with Crippen molar-refractivity contribution in [2.45, 2.75) is 10.3 Å². The first-order valence-corrected chi connectivity index (χ1v) is 10.1. The van der Waals surface area contributed by atoms with E-state index in [-0.39, 0.29) is 17.6 Å². The molecule has 1 atom stereocenters. The molecular formula is C19H16N4O2S2. The zero-order valence-corrected chi connectivity index (χ0v) is 16.1. The van der Waals surface area contributed by atoms with Crippen LogP contribution in [-0.4, -0.2) is 35.8 Å². The number of benzene rings is 2. The highest BCUT2D eigenvalue weighted by atomic mass is 32.2. The summed E-state index contributed by atoms with van der Waals surface area (Å²) in [4.78, 5) is 30.5. The first-order valence-electron chi connectivity index (χ1n) is 8.30. The minimum atomic E-state index is -0.469. The van der Waals surface area contributed by atoms with E-state index in [9.17, 15) is 9.59 Å². The van der Waals surface area contributed by atoms with Gasteiger partial charge in [-0.15, -0.1) is 11.3 Å². The highest BCUT2D eigenvalue weighted by Gasteiger charge is 2.33. The van der Waals surface area contributed by atoms with Gasteiger partial charge in [0.05, 0.1) is 16.0 Å². The van der Waals surface area contributed by atoms with E-state index < -0.39 is 5.92 Å². The standard InChI is InChI=1S/C19H16N4O2S2/c1-23-15-8-4-2-6-12(15)13(18(23)25)10-20-22-17(24)11-26-19-21-14-7-3-5-9-16(14)27-19/h2-10,13H,11H2,1H3,(H,22,24)/b20-10+. The van der Waals surface area contributed by atoms with Crippen LogP contribution in [0.15, 0.2) is 58.0 Å². The Morgan fingerprint density at radius 2 is 2.07 bits per heavy atom. The highest BCUT2D eigenvalue weighted by molar-refractivity contribution is 8.01. The maximum atomic E-state index is 12.3. The molecule has 136 valence electrons. The Hall–Kier alpha value is -2.71. The number of thiazole rings is 1.